The zero-order chi connectivity index (χ0) is 22.9. The van der Waals surface area contributed by atoms with Crippen LogP contribution in [0, 0.1) is 0 Å². The number of fused-ring (bicyclic) bond motifs is 3. The molecule has 1 heterocycles. The lowest BCUT2D eigenvalue weighted by molar-refractivity contribution is -0.116. The minimum absolute atomic E-state index is 0.0454. The summed E-state index contributed by atoms with van der Waals surface area (Å²) in [6, 6.07) is 24.2. The first kappa shape index (κ1) is 21.0. The third kappa shape index (κ3) is 3.92. The van der Waals surface area contributed by atoms with Gasteiger partial charge in [0.25, 0.3) is 0 Å². The molecule has 164 valence electrons. The molecular formula is C27H20ClNO4. The highest BCUT2D eigenvalue weighted by Gasteiger charge is 2.29. The van der Waals surface area contributed by atoms with E-state index in [0.717, 1.165) is 27.6 Å². The molecule has 0 bridgehead atoms. The number of nitrogens with one attached hydrogen (secondary N) is 1. The number of methoxy groups -OCH3 is 1. The Hall–Kier alpha value is -3.83. The summed E-state index contributed by atoms with van der Waals surface area (Å²) in [6.07, 6.45) is 0.308. The van der Waals surface area contributed by atoms with Gasteiger partial charge in [-0.25, -0.2) is 4.79 Å². The second-order valence-electron chi connectivity index (χ2n) is 7.83. The molecule has 0 radical (unpaired) electrons. The number of hydrogen-bond acceptors (Lipinski definition) is 4. The zero-order valence-corrected chi connectivity index (χ0v) is 18.6. The van der Waals surface area contributed by atoms with Crippen LogP contribution >= 0.6 is 11.6 Å². The Morgan fingerprint density at radius 2 is 1.76 bits per heavy atom. The lowest BCUT2D eigenvalue weighted by Gasteiger charge is -2.28. The number of anilines is 1. The summed E-state index contributed by atoms with van der Waals surface area (Å²) in [5.74, 6) is -0.0941. The van der Waals surface area contributed by atoms with Crippen molar-refractivity contribution < 1.29 is 19.1 Å². The van der Waals surface area contributed by atoms with E-state index in [1.54, 1.807) is 30.3 Å². The topological polar surface area (TPSA) is 64.6 Å². The highest BCUT2D eigenvalue weighted by atomic mass is 35.5. The fourth-order valence-corrected chi connectivity index (χ4v) is 4.53. The van der Waals surface area contributed by atoms with Crippen molar-refractivity contribution in [3.63, 3.8) is 0 Å². The third-order valence-corrected chi connectivity index (χ3v) is 6.20. The summed E-state index contributed by atoms with van der Waals surface area (Å²) >= 11 is 6.13. The summed E-state index contributed by atoms with van der Waals surface area (Å²) in [5, 5.41) is 5.50. The van der Waals surface area contributed by atoms with E-state index < -0.39 is 5.97 Å². The van der Waals surface area contributed by atoms with E-state index in [4.69, 9.17) is 21.1 Å². The molecule has 0 saturated heterocycles. The molecule has 0 saturated carbocycles. The van der Waals surface area contributed by atoms with Gasteiger partial charge in [-0.15, -0.1) is 0 Å². The number of ether oxygens (including phenoxy) is 2. The van der Waals surface area contributed by atoms with Gasteiger partial charge in [0, 0.05) is 18.0 Å². The van der Waals surface area contributed by atoms with Crippen LogP contribution < -0.4 is 14.8 Å². The van der Waals surface area contributed by atoms with E-state index in [2.05, 4.69) is 17.4 Å². The quantitative estimate of drug-likeness (QED) is 0.293. The SMILES string of the molecule is COc1cc([C@H]2CC(=O)Nc3ccc4ccccc4c32)ccc1OC(=O)c1ccccc1Cl. The van der Waals surface area contributed by atoms with Crippen LogP contribution in [-0.2, 0) is 4.79 Å². The van der Waals surface area contributed by atoms with Gasteiger partial charge in [-0.2, -0.15) is 0 Å². The molecule has 4 aromatic rings. The second-order valence-corrected chi connectivity index (χ2v) is 8.24. The summed E-state index contributed by atoms with van der Waals surface area (Å²) in [6.45, 7) is 0. The first-order valence-corrected chi connectivity index (χ1v) is 10.9. The fraction of sp³-hybridized carbons (Fsp3) is 0.111. The number of amides is 1. The molecule has 0 unspecified atom stereocenters. The number of carbonyl (C=O) groups excluding carboxylic acids is 2. The summed E-state index contributed by atoms with van der Waals surface area (Å²) in [4.78, 5) is 25.1. The molecule has 5 nitrogen and oxygen atoms in total. The average Bonchev–Trinajstić information content (AvgIpc) is 2.83. The van der Waals surface area contributed by atoms with Crippen molar-refractivity contribution >= 4 is 39.9 Å². The molecule has 0 aliphatic carbocycles. The molecule has 4 aromatic carbocycles. The van der Waals surface area contributed by atoms with Gasteiger partial charge in [0.2, 0.25) is 5.91 Å². The van der Waals surface area contributed by atoms with Gasteiger partial charge < -0.3 is 14.8 Å². The molecule has 5 rings (SSSR count). The van der Waals surface area contributed by atoms with Crippen LogP contribution in [0.3, 0.4) is 0 Å². The first-order chi connectivity index (χ1) is 16.0. The zero-order valence-electron chi connectivity index (χ0n) is 17.8. The predicted octanol–water partition coefficient (Wildman–Crippen LogP) is 6.20. The van der Waals surface area contributed by atoms with Crippen molar-refractivity contribution in [2.75, 3.05) is 12.4 Å². The van der Waals surface area contributed by atoms with Gasteiger partial charge in [0.1, 0.15) is 0 Å². The molecular weight excluding hydrogens is 438 g/mol. The van der Waals surface area contributed by atoms with Crippen LogP contribution in [0.4, 0.5) is 5.69 Å². The summed E-state index contributed by atoms with van der Waals surface area (Å²) < 4.78 is 11.1. The largest absolute Gasteiger partial charge is 0.493 e. The number of benzene rings is 4. The number of esters is 1. The van der Waals surface area contributed by atoms with Gasteiger partial charge >= 0.3 is 5.97 Å². The van der Waals surface area contributed by atoms with Crippen LogP contribution in [0.25, 0.3) is 10.8 Å². The maximum atomic E-state index is 12.6. The number of halogens is 1. The van der Waals surface area contributed by atoms with Crippen molar-refractivity contribution in [3.05, 3.63) is 101 Å². The molecule has 1 aliphatic rings. The Balaban J connectivity index is 1.54. The van der Waals surface area contributed by atoms with Crippen molar-refractivity contribution in [1.82, 2.24) is 0 Å². The Kier molecular flexibility index (Phi) is 5.48. The van der Waals surface area contributed by atoms with Gasteiger partial charge in [-0.1, -0.05) is 60.1 Å². The van der Waals surface area contributed by atoms with Gasteiger partial charge in [-0.3, -0.25) is 4.79 Å². The van der Waals surface area contributed by atoms with Crippen molar-refractivity contribution in [1.29, 1.82) is 0 Å². The molecule has 0 fully saturated rings. The van der Waals surface area contributed by atoms with Gasteiger partial charge in [0.05, 0.1) is 17.7 Å². The Labute approximate surface area is 195 Å². The van der Waals surface area contributed by atoms with E-state index >= 15 is 0 Å². The van der Waals surface area contributed by atoms with Crippen LogP contribution in [0.2, 0.25) is 5.02 Å². The molecule has 33 heavy (non-hydrogen) atoms. The Bertz CT molecular complexity index is 1400. The van der Waals surface area contributed by atoms with Crippen molar-refractivity contribution in [2.24, 2.45) is 0 Å². The fourth-order valence-electron chi connectivity index (χ4n) is 4.32. The van der Waals surface area contributed by atoms with Gasteiger partial charge in [0.15, 0.2) is 11.5 Å². The highest BCUT2D eigenvalue weighted by molar-refractivity contribution is 6.33. The molecule has 1 aliphatic heterocycles. The smallest absolute Gasteiger partial charge is 0.345 e. The van der Waals surface area contributed by atoms with Crippen LogP contribution in [0.5, 0.6) is 11.5 Å². The summed E-state index contributed by atoms with van der Waals surface area (Å²) in [7, 11) is 1.52. The maximum absolute atomic E-state index is 12.6. The van der Waals surface area contributed by atoms with Crippen LogP contribution in [0.15, 0.2) is 78.9 Å². The van der Waals surface area contributed by atoms with E-state index in [9.17, 15) is 9.59 Å². The monoisotopic (exact) mass is 457 g/mol. The molecule has 1 amide bonds. The van der Waals surface area contributed by atoms with E-state index in [-0.39, 0.29) is 23.1 Å². The van der Waals surface area contributed by atoms with Crippen LogP contribution in [0.1, 0.15) is 33.8 Å². The Morgan fingerprint density at radius 3 is 2.58 bits per heavy atom. The normalized spacial score (nSPS) is 15.0. The standard InChI is InChI=1S/C27H20ClNO4/c1-32-24-14-17(11-13-23(24)33-27(31)19-8-4-5-9-21(19)28)20-15-25(30)29-22-12-10-16-6-2-3-7-18(16)26(20)22/h2-14,20H,15H2,1H3,(H,29,30)/t20-/m1/s1. The molecule has 0 spiro atoms. The van der Waals surface area contributed by atoms with Crippen LogP contribution in [-0.4, -0.2) is 19.0 Å². The predicted molar refractivity (Wildman–Crippen MR) is 128 cm³/mol. The Morgan fingerprint density at radius 1 is 0.970 bits per heavy atom. The molecule has 1 atom stereocenters. The molecule has 1 N–H and O–H groups in total. The minimum atomic E-state index is -0.569. The van der Waals surface area contributed by atoms with E-state index in [1.165, 1.54) is 7.11 Å². The maximum Gasteiger partial charge on any atom is 0.345 e. The van der Waals surface area contributed by atoms with Crippen molar-refractivity contribution in [2.45, 2.75) is 12.3 Å². The number of rotatable bonds is 4. The van der Waals surface area contributed by atoms with Crippen molar-refractivity contribution in [3.8, 4) is 11.5 Å². The minimum Gasteiger partial charge on any atom is -0.493 e. The number of carbonyl (C=O) groups is 2. The third-order valence-electron chi connectivity index (χ3n) is 5.87. The lowest BCUT2D eigenvalue weighted by Crippen LogP contribution is -2.23. The van der Waals surface area contributed by atoms with E-state index in [0.29, 0.717) is 17.2 Å². The van der Waals surface area contributed by atoms with Gasteiger partial charge in [-0.05, 0) is 52.2 Å². The lowest BCUT2D eigenvalue weighted by atomic mass is 9.82. The van der Waals surface area contributed by atoms with E-state index in [1.807, 2.05) is 36.4 Å². The average molecular weight is 458 g/mol. The summed E-state index contributed by atoms with van der Waals surface area (Å²) in [5.41, 5.74) is 3.05. The second kappa shape index (κ2) is 8.60. The number of hydrogen-bond donors (Lipinski definition) is 1. The highest BCUT2D eigenvalue weighted by Crippen LogP contribution is 2.43. The first-order valence-electron chi connectivity index (χ1n) is 10.5. The molecule has 6 heteroatoms. The molecule has 0 aromatic heterocycles.